The molecule has 0 fully saturated rings. The van der Waals surface area contributed by atoms with Gasteiger partial charge in [-0.05, 0) is 39.8 Å². The molecule has 9 heteroatoms. The molecule has 0 spiro atoms. The Morgan fingerprint density at radius 3 is 2.56 bits per heavy atom. The van der Waals surface area contributed by atoms with Crippen LogP contribution in [0.2, 0.25) is 0 Å². The van der Waals surface area contributed by atoms with E-state index in [1.807, 2.05) is 13.0 Å². The van der Waals surface area contributed by atoms with Crippen molar-refractivity contribution < 1.29 is 19.1 Å². The minimum absolute atomic E-state index is 0.00895. The van der Waals surface area contributed by atoms with Crippen LogP contribution in [0.4, 0.5) is 0 Å². The van der Waals surface area contributed by atoms with Crippen LogP contribution in [0.25, 0.3) is 10.9 Å². The Bertz CT molecular complexity index is 1210. The third-order valence-electron chi connectivity index (χ3n) is 5.09. The molecular weight excluding hydrogens is 430 g/mol. The van der Waals surface area contributed by atoms with Gasteiger partial charge in [-0.3, -0.25) is 14.2 Å². The SMILES string of the molecule is CCOC(=O)c1c(C)[nH]c(C)c1C(=O)CSc1nc2ccccc2c(=O)n1[C@H](C)COC. The second-order valence-corrected chi connectivity index (χ2v) is 8.39. The largest absolute Gasteiger partial charge is 0.462 e. The first kappa shape index (κ1) is 23.7. The number of ketones is 1. The first-order valence-corrected chi connectivity index (χ1v) is 11.3. The maximum atomic E-state index is 13.2. The van der Waals surface area contributed by atoms with E-state index >= 15 is 0 Å². The number of fused-ring (bicyclic) bond motifs is 1. The molecule has 2 heterocycles. The van der Waals surface area contributed by atoms with Gasteiger partial charge in [0.05, 0.1) is 47.0 Å². The zero-order chi connectivity index (χ0) is 23.4. The Morgan fingerprint density at radius 2 is 1.88 bits per heavy atom. The van der Waals surface area contributed by atoms with Crippen LogP contribution in [0.3, 0.4) is 0 Å². The molecule has 0 saturated heterocycles. The van der Waals surface area contributed by atoms with Crippen molar-refractivity contribution in [2.75, 3.05) is 26.1 Å². The number of benzene rings is 1. The summed E-state index contributed by atoms with van der Waals surface area (Å²) in [6, 6.07) is 6.84. The number of hydrogen-bond acceptors (Lipinski definition) is 7. The number of methoxy groups -OCH3 is 1. The zero-order valence-electron chi connectivity index (χ0n) is 18.9. The molecule has 2 aromatic heterocycles. The van der Waals surface area contributed by atoms with Gasteiger partial charge in [-0.15, -0.1) is 0 Å². The van der Waals surface area contributed by atoms with Gasteiger partial charge in [0.25, 0.3) is 5.56 Å². The van der Waals surface area contributed by atoms with E-state index in [1.165, 1.54) is 11.8 Å². The summed E-state index contributed by atoms with van der Waals surface area (Å²) in [5.41, 5.74) is 2.14. The van der Waals surface area contributed by atoms with Crippen LogP contribution >= 0.6 is 11.8 Å². The van der Waals surface area contributed by atoms with Gasteiger partial charge in [0.1, 0.15) is 0 Å². The minimum Gasteiger partial charge on any atom is -0.462 e. The number of nitrogens with one attached hydrogen (secondary N) is 1. The van der Waals surface area contributed by atoms with Crippen LogP contribution in [0.1, 0.15) is 52.0 Å². The number of thioether (sulfide) groups is 1. The van der Waals surface area contributed by atoms with Crippen molar-refractivity contribution in [3.05, 3.63) is 57.1 Å². The molecular formula is C23H27N3O5S. The molecule has 170 valence electrons. The second kappa shape index (κ2) is 10.1. The van der Waals surface area contributed by atoms with Crippen LogP contribution in [-0.4, -0.2) is 52.4 Å². The van der Waals surface area contributed by atoms with Gasteiger partial charge in [-0.2, -0.15) is 0 Å². The molecule has 8 nitrogen and oxygen atoms in total. The molecule has 0 saturated carbocycles. The molecule has 0 amide bonds. The molecule has 3 aromatic rings. The van der Waals surface area contributed by atoms with Crippen LogP contribution in [0.15, 0.2) is 34.2 Å². The van der Waals surface area contributed by atoms with Crippen molar-refractivity contribution >= 4 is 34.4 Å². The number of nitrogens with zero attached hydrogens (tertiary/aromatic N) is 2. The first-order valence-electron chi connectivity index (χ1n) is 10.3. The van der Waals surface area contributed by atoms with E-state index in [4.69, 9.17) is 9.47 Å². The number of ether oxygens (including phenoxy) is 2. The Hall–Kier alpha value is -2.91. The van der Waals surface area contributed by atoms with E-state index in [-0.39, 0.29) is 35.3 Å². The van der Waals surface area contributed by atoms with Crippen molar-refractivity contribution in [1.29, 1.82) is 0 Å². The van der Waals surface area contributed by atoms with E-state index in [9.17, 15) is 14.4 Å². The number of para-hydroxylation sites is 1. The zero-order valence-corrected chi connectivity index (χ0v) is 19.7. The molecule has 0 unspecified atom stereocenters. The number of carbonyl (C=O) groups excluding carboxylic acids is 2. The molecule has 0 aliphatic rings. The molecule has 32 heavy (non-hydrogen) atoms. The third kappa shape index (κ3) is 4.63. The standard InChI is InChI=1S/C23H27N3O5S/c1-6-31-22(29)20-15(4)24-14(3)19(20)18(27)12-32-23-25-17-10-8-7-9-16(17)21(28)26(23)13(2)11-30-5/h7-10,13,24H,6,11-12H2,1-5H3/t13-/m1/s1. The summed E-state index contributed by atoms with van der Waals surface area (Å²) in [4.78, 5) is 46.4. The van der Waals surface area contributed by atoms with Crippen LogP contribution in [0, 0.1) is 13.8 Å². The lowest BCUT2D eigenvalue weighted by atomic mass is 10.1. The van der Waals surface area contributed by atoms with E-state index < -0.39 is 5.97 Å². The fourth-order valence-electron chi connectivity index (χ4n) is 3.72. The van der Waals surface area contributed by atoms with Crippen molar-refractivity contribution in [1.82, 2.24) is 14.5 Å². The Kier molecular flexibility index (Phi) is 7.52. The van der Waals surface area contributed by atoms with E-state index in [0.29, 0.717) is 39.6 Å². The highest BCUT2D eigenvalue weighted by Gasteiger charge is 2.26. The van der Waals surface area contributed by atoms with E-state index in [0.717, 1.165) is 0 Å². The van der Waals surface area contributed by atoms with E-state index in [1.54, 1.807) is 50.6 Å². The normalized spacial score (nSPS) is 12.2. The number of Topliss-reactive ketones (excluding diaryl/α,β-unsaturated/α-hetero) is 1. The summed E-state index contributed by atoms with van der Waals surface area (Å²) in [6.07, 6.45) is 0. The lowest BCUT2D eigenvalue weighted by Gasteiger charge is -2.18. The molecule has 0 aliphatic heterocycles. The molecule has 1 atom stereocenters. The van der Waals surface area contributed by atoms with E-state index in [2.05, 4.69) is 9.97 Å². The average Bonchev–Trinajstić information content (AvgIpc) is 3.06. The number of hydrogen-bond donors (Lipinski definition) is 1. The average molecular weight is 458 g/mol. The lowest BCUT2D eigenvalue weighted by molar-refractivity contribution is 0.0522. The summed E-state index contributed by atoms with van der Waals surface area (Å²) < 4.78 is 11.9. The molecule has 1 N–H and O–H groups in total. The lowest BCUT2D eigenvalue weighted by Crippen LogP contribution is -2.28. The van der Waals surface area contributed by atoms with Crippen molar-refractivity contribution in [3.8, 4) is 0 Å². The minimum atomic E-state index is -0.530. The predicted octanol–water partition coefficient (Wildman–Crippen LogP) is 3.70. The molecule has 3 rings (SSSR count). The van der Waals surface area contributed by atoms with Gasteiger partial charge in [0.2, 0.25) is 0 Å². The maximum absolute atomic E-state index is 13.2. The Morgan fingerprint density at radius 1 is 1.19 bits per heavy atom. The molecule has 0 bridgehead atoms. The fourth-order valence-corrected chi connectivity index (χ4v) is 4.69. The van der Waals surface area contributed by atoms with Gasteiger partial charge in [0.15, 0.2) is 10.9 Å². The maximum Gasteiger partial charge on any atom is 0.340 e. The summed E-state index contributed by atoms with van der Waals surface area (Å²) in [7, 11) is 1.57. The summed E-state index contributed by atoms with van der Waals surface area (Å²) in [5, 5.41) is 0.932. The van der Waals surface area contributed by atoms with Gasteiger partial charge in [0, 0.05) is 18.5 Å². The fraction of sp³-hybridized carbons (Fsp3) is 0.391. The number of esters is 1. The highest BCUT2D eigenvalue weighted by atomic mass is 32.2. The number of aromatic amines is 1. The van der Waals surface area contributed by atoms with Gasteiger partial charge >= 0.3 is 5.97 Å². The van der Waals surface area contributed by atoms with Crippen LogP contribution in [-0.2, 0) is 9.47 Å². The van der Waals surface area contributed by atoms with Crippen molar-refractivity contribution in [3.63, 3.8) is 0 Å². The monoisotopic (exact) mass is 457 g/mol. The number of carbonyl (C=O) groups is 2. The van der Waals surface area contributed by atoms with Crippen LogP contribution in [0.5, 0.6) is 0 Å². The van der Waals surface area contributed by atoms with Gasteiger partial charge < -0.3 is 14.5 Å². The number of aromatic nitrogens is 3. The van der Waals surface area contributed by atoms with Gasteiger partial charge in [-0.1, -0.05) is 23.9 Å². The van der Waals surface area contributed by atoms with Gasteiger partial charge in [-0.25, -0.2) is 9.78 Å². The second-order valence-electron chi connectivity index (χ2n) is 7.45. The number of rotatable bonds is 9. The highest BCUT2D eigenvalue weighted by Crippen LogP contribution is 2.25. The topological polar surface area (TPSA) is 103 Å². The smallest absolute Gasteiger partial charge is 0.340 e. The third-order valence-corrected chi connectivity index (χ3v) is 6.04. The number of aryl methyl sites for hydroxylation is 2. The summed E-state index contributed by atoms with van der Waals surface area (Å²) in [5.74, 6) is -0.764. The van der Waals surface area contributed by atoms with Crippen molar-refractivity contribution in [2.24, 2.45) is 0 Å². The molecule has 0 radical (unpaired) electrons. The first-order chi connectivity index (χ1) is 15.3. The summed E-state index contributed by atoms with van der Waals surface area (Å²) in [6.45, 7) is 7.61. The predicted molar refractivity (Wildman–Crippen MR) is 124 cm³/mol. The Labute approximate surface area is 190 Å². The molecule has 1 aromatic carbocycles. The highest BCUT2D eigenvalue weighted by molar-refractivity contribution is 7.99. The Balaban J connectivity index is 1.98. The number of H-pyrrole nitrogens is 1. The van der Waals surface area contributed by atoms with Crippen LogP contribution < -0.4 is 5.56 Å². The molecule has 0 aliphatic carbocycles. The van der Waals surface area contributed by atoms with Crippen molar-refractivity contribution in [2.45, 2.75) is 38.9 Å². The quantitative estimate of drug-likeness (QED) is 0.226. The summed E-state index contributed by atoms with van der Waals surface area (Å²) >= 11 is 1.17.